The van der Waals surface area contributed by atoms with Crippen molar-refractivity contribution in [2.75, 3.05) is 13.2 Å². The number of aryl methyl sites for hydroxylation is 1. The Morgan fingerprint density at radius 1 is 1.58 bits per heavy atom. The third-order valence-corrected chi connectivity index (χ3v) is 4.00. The largest absolute Gasteiger partial charge is 0.395 e. The fraction of sp³-hybridized carbons (Fsp3) is 0.545. The number of aliphatic hydroxyl groups is 1. The van der Waals surface area contributed by atoms with Gasteiger partial charge in [0.1, 0.15) is 10.6 Å². The van der Waals surface area contributed by atoms with Crippen LogP contribution in [0.5, 0.6) is 0 Å². The highest BCUT2D eigenvalue weighted by atomic mass is 32.2. The van der Waals surface area contributed by atoms with Gasteiger partial charge in [0.25, 0.3) is 5.91 Å². The molecule has 0 radical (unpaired) electrons. The highest BCUT2D eigenvalue weighted by Crippen LogP contribution is 2.28. The van der Waals surface area contributed by atoms with Gasteiger partial charge in [0.15, 0.2) is 0 Å². The smallest absolute Gasteiger partial charge is 0.270 e. The predicted octanol–water partition coefficient (Wildman–Crippen LogP) is -0.731. The first-order chi connectivity index (χ1) is 8.84. The van der Waals surface area contributed by atoms with Crippen LogP contribution in [0.2, 0.25) is 0 Å². The van der Waals surface area contributed by atoms with Crippen LogP contribution < -0.4 is 5.14 Å². The zero-order chi connectivity index (χ0) is 14.2. The van der Waals surface area contributed by atoms with E-state index in [0.29, 0.717) is 0 Å². The number of hydrogen-bond donors (Lipinski definition) is 2. The summed E-state index contributed by atoms with van der Waals surface area (Å²) in [5.41, 5.74) is 0.254. The molecule has 1 fully saturated rings. The quantitative estimate of drug-likeness (QED) is 0.744. The number of nitrogens with two attached hydrogens (primary N) is 1. The lowest BCUT2D eigenvalue weighted by atomic mass is 10.3. The number of aromatic nitrogens is 1. The van der Waals surface area contributed by atoms with Gasteiger partial charge in [-0.3, -0.25) is 4.79 Å². The van der Waals surface area contributed by atoms with Crippen molar-refractivity contribution in [2.24, 2.45) is 12.2 Å². The van der Waals surface area contributed by atoms with Gasteiger partial charge in [0.2, 0.25) is 10.0 Å². The summed E-state index contributed by atoms with van der Waals surface area (Å²) in [7, 11) is -2.23. The minimum atomic E-state index is -3.82. The molecule has 1 amide bonds. The van der Waals surface area contributed by atoms with Crippen molar-refractivity contribution in [2.45, 2.75) is 23.8 Å². The maximum Gasteiger partial charge on any atom is 0.270 e. The lowest BCUT2D eigenvalue weighted by Crippen LogP contribution is -2.36. The van der Waals surface area contributed by atoms with Gasteiger partial charge in [0.05, 0.1) is 6.61 Å². The first kappa shape index (κ1) is 14.0. The van der Waals surface area contributed by atoms with Gasteiger partial charge >= 0.3 is 0 Å². The minimum absolute atomic E-state index is 0.0851. The number of sulfonamides is 1. The van der Waals surface area contributed by atoms with Crippen LogP contribution >= 0.6 is 0 Å². The van der Waals surface area contributed by atoms with E-state index in [0.717, 1.165) is 12.8 Å². The second kappa shape index (κ2) is 4.95. The second-order valence-corrected chi connectivity index (χ2v) is 6.23. The van der Waals surface area contributed by atoms with Crippen molar-refractivity contribution in [1.29, 1.82) is 0 Å². The molecule has 1 aliphatic rings. The monoisotopic (exact) mass is 287 g/mol. The lowest BCUT2D eigenvalue weighted by molar-refractivity contribution is 0.0698. The van der Waals surface area contributed by atoms with E-state index in [9.17, 15) is 13.2 Å². The van der Waals surface area contributed by atoms with Gasteiger partial charge < -0.3 is 14.6 Å². The van der Waals surface area contributed by atoms with Gasteiger partial charge in [-0.2, -0.15) is 0 Å². The number of nitrogens with zero attached hydrogens (tertiary/aromatic N) is 2. The van der Waals surface area contributed by atoms with Crippen LogP contribution in [0.25, 0.3) is 0 Å². The molecule has 0 aliphatic heterocycles. The average Bonchev–Trinajstić information content (AvgIpc) is 3.06. The van der Waals surface area contributed by atoms with Crippen LogP contribution in [0.3, 0.4) is 0 Å². The van der Waals surface area contributed by atoms with Crippen LogP contribution in [0.4, 0.5) is 0 Å². The Bertz CT molecular complexity index is 589. The van der Waals surface area contributed by atoms with Gasteiger partial charge in [-0.1, -0.05) is 0 Å². The molecular weight excluding hydrogens is 270 g/mol. The number of primary sulfonamides is 1. The molecule has 19 heavy (non-hydrogen) atoms. The van der Waals surface area contributed by atoms with E-state index >= 15 is 0 Å². The van der Waals surface area contributed by atoms with Crippen molar-refractivity contribution in [3.05, 3.63) is 18.0 Å². The molecule has 0 atom stereocenters. The summed E-state index contributed by atoms with van der Waals surface area (Å²) in [4.78, 5) is 13.8. The van der Waals surface area contributed by atoms with E-state index in [1.807, 2.05) is 0 Å². The fourth-order valence-corrected chi connectivity index (χ4v) is 2.57. The molecule has 2 rings (SSSR count). The standard InChI is InChI=1S/C11H17N3O4S/c1-13-7-9(19(12,17)18)6-10(13)11(16)14(4-5-15)8-2-3-8/h6-8,15H,2-5H2,1H3,(H2,12,17,18). The third-order valence-electron chi connectivity index (χ3n) is 3.12. The van der Waals surface area contributed by atoms with E-state index in [-0.39, 0.29) is 35.7 Å². The molecule has 1 aromatic heterocycles. The summed E-state index contributed by atoms with van der Waals surface area (Å²) in [6.45, 7) is 0.133. The van der Waals surface area contributed by atoms with Crippen LogP contribution in [-0.2, 0) is 17.1 Å². The Morgan fingerprint density at radius 3 is 2.63 bits per heavy atom. The van der Waals surface area contributed by atoms with Crippen molar-refractivity contribution in [1.82, 2.24) is 9.47 Å². The van der Waals surface area contributed by atoms with Crippen LogP contribution in [0, 0.1) is 0 Å². The summed E-state index contributed by atoms with van der Waals surface area (Å²) in [5, 5.41) is 14.0. The highest BCUT2D eigenvalue weighted by molar-refractivity contribution is 7.89. The van der Waals surface area contributed by atoms with Crippen LogP contribution in [0.1, 0.15) is 23.3 Å². The highest BCUT2D eigenvalue weighted by Gasteiger charge is 2.34. The maximum absolute atomic E-state index is 12.3. The number of carbonyl (C=O) groups excluding carboxylic acids is 1. The lowest BCUT2D eigenvalue weighted by Gasteiger charge is -2.21. The molecule has 0 unspecified atom stereocenters. The Hall–Kier alpha value is -1.38. The fourth-order valence-electron chi connectivity index (χ4n) is 1.99. The predicted molar refractivity (Wildman–Crippen MR) is 67.9 cm³/mol. The number of carbonyl (C=O) groups is 1. The average molecular weight is 287 g/mol. The number of rotatable bonds is 5. The molecule has 7 nitrogen and oxygen atoms in total. The topological polar surface area (TPSA) is 106 Å². The SMILES string of the molecule is Cn1cc(S(N)(=O)=O)cc1C(=O)N(CCO)C1CC1. The summed E-state index contributed by atoms with van der Waals surface area (Å²) < 4.78 is 24.0. The zero-order valence-corrected chi connectivity index (χ0v) is 11.4. The molecule has 1 heterocycles. The van der Waals surface area contributed by atoms with Gasteiger partial charge in [0, 0.05) is 25.8 Å². The third kappa shape index (κ3) is 2.96. The van der Waals surface area contributed by atoms with Crippen LogP contribution in [-0.4, -0.2) is 48.1 Å². The molecule has 8 heteroatoms. The molecule has 0 saturated heterocycles. The van der Waals surface area contributed by atoms with Crippen molar-refractivity contribution < 1.29 is 18.3 Å². The second-order valence-electron chi connectivity index (χ2n) is 4.67. The first-order valence-corrected chi connectivity index (χ1v) is 7.50. The Morgan fingerprint density at radius 2 is 2.21 bits per heavy atom. The molecule has 0 bridgehead atoms. The number of aliphatic hydroxyl groups excluding tert-OH is 1. The van der Waals surface area contributed by atoms with Gasteiger partial charge in [-0.15, -0.1) is 0 Å². The molecule has 1 aromatic rings. The summed E-state index contributed by atoms with van der Waals surface area (Å²) in [5.74, 6) is -0.283. The van der Waals surface area contributed by atoms with E-state index in [2.05, 4.69) is 0 Å². The van der Waals surface area contributed by atoms with E-state index < -0.39 is 10.0 Å². The Kier molecular flexibility index (Phi) is 3.66. The van der Waals surface area contributed by atoms with E-state index in [1.54, 1.807) is 11.9 Å². The van der Waals surface area contributed by atoms with Gasteiger partial charge in [-0.05, 0) is 18.9 Å². The summed E-state index contributed by atoms with van der Waals surface area (Å²) in [6, 6.07) is 1.41. The Labute approximate surface area is 111 Å². The number of amides is 1. The van der Waals surface area contributed by atoms with Crippen molar-refractivity contribution in [3.63, 3.8) is 0 Å². The Balaban J connectivity index is 2.30. The molecule has 0 aromatic carbocycles. The molecule has 1 saturated carbocycles. The van der Waals surface area contributed by atoms with E-state index in [1.165, 1.54) is 16.8 Å². The molecule has 0 spiro atoms. The maximum atomic E-state index is 12.3. The minimum Gasteiger partial charge on any atom is -0.395 e. The molecule has 106 valence electrons. The van der Waals surface area contributed by atoms with Crippen molar-refractivity contribution >= 4 is 15.9 Å². The van der Waals surface area contributed by atoms with Crippen molar-refractivity contribution in [3.8, 4) is 0 Å². The summed E-state index contributed by atoms with van der Waals surface area (Å²) >= 11 is 0. The normalized spacial score (nSPS) is 15.5. The number of hydrogen-bond acceptors (Lipinski definition) is 4. The molecule has 1 aliphatic carbocycles. The first-order valence-electron chi connectivity index (χ1n) is 5.95. The molecule has 3 N–H and O–H groups in total. The van der Waals surface area contributed by atoms with E-state index in [4.69, 9.17) is 10.2 Å². The van der Waals surface area contributed by atoms with Gasteiger partial charge in [-0.25, -0.2) is 13.6 Å². The summed E-state index contributed by atoms with van der Waals surface area (Å²) in [6.07, 6.45) is 3.14. The zero-order valence-electron chi connectivity index (χ0n) is 10.6. The van der Waals surface area contributed by atoms with Crippen LogP contribution in [0.15, 0.2) is 17.2 Å². The molecular formula is C11H17N3O4S.